The number of carbonyl (C=O) groups excluding carboxylic acids is 1. The Hall–Kier alpha value is -2.70. The summed E-state index contributed by atoms with van der Waals surface area (Å²) in [5.41, 5.74) is 0.907. The number of fused-ring (bicyclic) bond motifs is 1. The number of pyridine rings is 1. The maximum Gasteiger partial charge on any atom is 0.308 e. The van der Waals surface area contributed by atoms with Crippen molar-refractivity contribution in [1.82, 2.24) is 14.7 Å². The second-order valence-corrected chi connectivity index (χ2v) is 6.57. The minimum Gasteiger partial charge on any atom is -0.481 e. The first-order chi connectivity index (χ1) is 12.0. The van der Waals surface area contributed by atoms with Crippen molar-refractivity contribution >= 4 is 17.5 Å². The molecule has 0 aliphatic heterocycles. The Bertz CT molecular complexity index is 874. The van der Waals surface area contributed by atoms with Crippen molar-refractivity contribution in [2.24, 2.45) is 5.92 Å². The third-order valence-corrected chi connectivity index (χ3v) is 4.76. The summed E-state index contributed by atoms with van der Waals surface area (Å²) in [6.45, 7) is 1.89. The molecule has 7 nitrogen and oxygen atoms in total. The summed E-state index contributed by atoms with van der Waals surface area (Å²) >= 11 is 0. The first kappa shape index (κ1) is 17.1. The van der Waals surface area contributed by atoms with Crippen molar-refractivity contribution < 1.29 is 14.7 Å². The van der Waals surface area contributed by atoms with Crippen LogP contribution in [-0.2, 0) is 4.79 Å². The number of rotatable bonds is 3. The van der Waals surface area contributed by atoms with Gasteiger partial charge in [-0.2, -0.15) is 0 Å². The van der Waals surface area contributed by atoms with Crippen molar-refractivity contribution in [3.8, 4) is 0 Å². The Balaban J connectivity index is 1.88. The summed E-state index contributed by atoms with van der Waals surface area (Å²) in [5, 5.41) is 12.2. The summed E-state index contributed by atoms with van der Waals surface area (Å²) in [4.78, 5) is 40.8. The van der Waals surface area contributed by atoms with Gasteiger partial charge in [0.05, 0.1) is 5.92 Å². The van der Waals surface area contributed by atoms with Gasteiger partial charge in [-0.1, -0.05) is 19.3 Å². The van der Waals surface area contributed by atoms with Crippen LogP contribution in [0.3, 0.4) is 0 Å². The first-order valence-electron chi connectivity index (χ1n) is 8.49. The molecule has 25 heavy (non-hydrogen) atoms. The summed E-state index contributed by atoms with van der Waals surface area (Å²) < 4.78 is 1.32. The molecule has 2 heterocycles. The van der Waals surface area contributed by atoms with Gasteiger partial charge in [-0.25, -0.2) is 4.98 Å². The Morgan fingerprint density at radius 2 is 2.04 bits per heavy atom. The van der Waals surface area contributed by atoms with Gasteiger partial charge < -0.3 is 10.4 Å². The van der Waals surface area contributed by atoms with Crippen LogP contribution in [-0.4, -0.2) is 32.4 Å². The van der Waals surface area contributed by atoms with E-state index in [4.69, 9.17) is 0 Å². The van der Waals surface area contributed by atoms with Crippen LogP contribution >= 0.6 is 0 Å². The molecule has 3 rings (SSSR count). The van der Waals surface area contributed by atoms with E-state index >= 15 is 0 Å². The Labute approximate surface area is 144 Å². The van der Waals surface area contributed by atoms with E-state index in [0.29, 0.717) is 18.5 Å². The molecule has 1 aliphatic rings. The molecular weight excluding hydrogens is 322 g/mol. The van der Waals surface area contributed by atoms with E-state index in [-0.39, 0.29) is 5.56 Å². The number of aromatic nitrogens is 2. The summed E-state index contributed by atoms with van der Waals surface area (Å²) in [6.07, 6.45) is 6.64. The topological polar surface area (TPSA) is 101 Å². The highest BCUT2D eigenvalue weighted by molar-refractivity contribution is 5.94. The molecule has 2 aromatic rings. The van der Waals surface area contributed by atoms with Crippen molar-refractivity contribution in [3.63, 3.8) is 0 Å². The number of nitrogens with zero attached hydrogens (tertiary/aromatic N) is 2. The van der Waals surface area contributed by atoms with E-state index in [1.165, 1.54) is 10.6 Å². The second kappa shape index (κ2) is 7.04. The lowest BCUT2D eigenvalue weighted by molar-refractivity contribution is -0.142. The van der Waals surface area contributed by atoms with E-state index < -0.39 is 29.4 Å². The zero-order valence-corrected chi connectivity index (χ0v) is 14.1. The smallest absolute Gasteiger partial charge is 0.308 e. The van der Waals surface area contributed by atoms with Gasteiger partial charge in [0.15, 0.2) is 0 Å². The minimum atomic E-state index is -0.906. The minimum absolute atomic E-state index is 0.0743. The molecule has 1 fully saturated rings. The zero-order valence-electron chi connectivity index (χ0n) is 14.1. The van der Waals surface area contributed by atoms with Crippen molar-refractivity contribution in [3.05, 3.63) is 46.0 Å². The predicted molar refractivity (Wildman–Crippen MR) is 91.7 cm³/mol. The zero-order chi connectivity index (χ0) is 18.0. The fourth-order valence-electron chi connectivity index (χ4n) is 3.35. The summed E-state index contributed by atoms with van der Waals surface area (Å²) in [6, 6.07) is 3.06. The van der Waals surface area contributed by atoms with E-state index in [2.05, 4.69) is 10.3 Å². The van der Waals surface area contributed by atoms with Crippen LogP contribution in [0.25, 0.3) is 5.65 Å². The number of amides is 1. The SMILES string of the molecule is Cc1ccn2c(=O)c(C(=O)N[C@H]3CCCCC[C@H]3C(=O)O)cnc2c1. The van der Waals surface area contributed by atoms with Crippen LogP contribution in [0.5, 0.6) is 0 Å². The molecule has 2 atom stereocenters. The van der Waals surface area contributed by atoms with E-state index in [1.807, 2.05) is 6.92 Å². The lowest BCUT2D eigenvalue weighted by Crippen LogP contribution is -2.44. The molecule has 1 aliphatic carbocycles. The van der Waals surface area contributed by atoms with Gasteiger partial charge in [0.2, 0.25) is 0 Å². The van der Waals surface area contributed by atoms with Gasteiger partial charge in [-0.3, -0.25) is 18.8 Å². The number of aryl methyl sites for hydroxylation is 1. The van der Waals surface area contributed by atoms with Gasteiger partial charge in [0.25, 0.3) is 11.5 Å². The largest absolute Gasteiger partial charge is 0.481 e. The molecule has 1 saturated carbocycles. The van der Waals surface area contributed by atoms with Crippen LogP contribution in [0.15, 0.2) is 29.3 Å². The molecule has 0 aromatic carbocycles. The molecular formula is C18H21N3O4. The van der Waals surface area contributed by atoms with Gasteiger partial charge in [-0.05, 0) is 37.5 Å². The number of aliphatic carboxylic acids is 1. The van der Waals surface area contributed by atoms with Crippen LogP contribution in [0.4, 0.5) is 0 Å². The molecule has 1 amide bonds. The number of nitrogens with one attached hydrogen (secondary N) is 1. The predicted octanol–water partition coefficient (Wildman–Crippen LogP) is 1.77. The van der Waals surface area contributed by atoms with Crippen molar-refractivity contribution in [2.75, 3.05) is 0 Å². The molecule has 7 heteroatoms. The summed E-state index contributed by atoms with van der Waals surface area (Å²) in [7, 11) is 0. The van der Waals surface area contributed by atoms with Crippen LogP contribution in [0.1, 0.15) is 48.0 Å². The Morgan fingerprint density at radius 3 is 2.80 bits per heavy atom. The molecule has 0 spiro atoms. The lowest BCUT2D eigenvalue weighted by atomic mass is 9.94. The highest BCUT2D eigenvalue weighted by atomic mass is 16.4. The van der Waals surface area contributed by atoms with Gasteiger partial charge in [0.1, 0.15) is 11.2 Å². The molecule has 2 aromatic heterocycles. The molecule has 2 N–H and O–H groups in total. The molecule has 0 unspecified atom stereocenters. The highest BCUT2D eigenvalue weighted by Crippen LogP contribution is 2.24. The van der Waals surface area contributed by atoms with Crippen LogP contribution < -0.4 is 10.9 Å². The van der Waals surface area contributed by atoms with Gasteiger partial charge in [-0.15, -0.1) is 0 Å². The summed E-state index contributed by atoms with van der Waals surface area (Å²) in [5.74, 6) is -2.09. The normalized spacial score (nSPS) is 20.8. The number of carboxylic acids is 1. The highest BCUT2D eigenvalue weighted by Gasteiger charge is 2.31. The number of carbonyl (C=O) groups is 2. The standard InChI is InChI=1S/C18H21N3O4/c1-11-7-8-21-15(9-11)19-10-13(17(21)23)16(22)20-14-6-4-2-3-5-12(14)18(24)25/h7-10,12,14H,2-6H2,1H3,(H,20,22)(H,24,25)/t12-,14+/m1/s1. The maximum absolute atomic E-state index is 12.6. The van der Waals surface area contributed by atoms with E-state index in [9.17, 15) is 19.5 Å². The average Bonchev–Trinajstić information content (AvgIpc) is 2.80. The quantitative estimate of drug-likeness (QED) is 0.827. The molecule has 0 radical (unpaired) electrons. The van der Waals surface area contributed by atoms with Crippen molar-refractivity contribution in [1.29, 1.82) is 0 Å². The third kappa shape index (κ3) is 3.55. The number of hydrogen-bond acceptors (Lipinski definition) is 4. The lowest BCUT2D eigenvalue weighted by Gasteiger charge is -2.22. The van der Waals surface area contributed by atoms with Gasteiger partial charge >= 0.3 is 5.97 Å². The first-order valence-corrected chi connectivity index (χ1v) is 8.49. The molecule has 0 saturated heterocycles. The maximum atomic E-state index is 12.6. The van der Waals surface area contributed by atoms with Crippen LogP contribution in [0, 0.1) is 12.8 Å². The fraction of sp³-hybridized carbons (Fsp3) is 0.444. The Kier molecular flexibility index (Phi) is 4.83. The molecule has 132 valence electrons. The van der Waals surface area contributed by atoms with E-state index in [0.717, 1.165) is 24.8 Å². The average molecular weight is 343 g/mol. The second-order valence-electron chi connectivity index (χ2n) is 6.57. The van der Waals surface area contributed by atoms with Crippen LogP contribution in [0.2, 0.25) is 0 Å². The van der Waals surface area contributed by atoms with Crippen molar-refractivity contribution in [2.45, 2.75) is 45.1 Å². The number of hydrogen-bond donors (Lipinski definition) is 2. The Morgan fingerprint density at radius 1 is 1.28 bits per heavy atom. The van der Waals surface area contributed by atoms with E-state index in [1.54, 1.807) is 18.3 Å². The third-order valence-electron chi connectivity index (χ3n) is 4.76. The number of carboxylic acid groups (broad SMARTS) is 1. The fourth-order valence-corrected chi connectivity index (χ4v) is 3.35. The van der Waals surface area contributed by atoms with Gasteiger partial charge in [0, 0.05) is 18.4 Å². The monoisotopic (exact) mass is 343 g/mol. The molecule has 0 bridgehead atoms.